The highest BCUT2D eigenvalue weighted by Gasteiger charge is 2.13. The number of nitrogens with zero attached hydrogens (tertiary/aromatic N) is 1. The van der Waals surface area contributed by atoms with Crippen molar-refractivity contribution in [3.63, 3.8) is 0 Å². The number of rotatable bonds is 8. The van der Waals surface area contributed by atoms with Crippen molar-refractivity contribution < 1.29 is 9.90 Å². The molecular formula is C20H25ClN2O2. The number of aliphatic hydroxyl groups is 1. The fraction of sp³-hybridized carbons (Fsp3) is 0.350. The van der Waals surface area contributed by atoms with E-state index in [1.165, 1.54) is 0 Å². The van der Waals surface area contributed by atoms with Crippen LogP contribution in [0.25, 0.3) is 0 Å². The molecule has 2 rings (SSSR count). The zero-order chi connectivity index (χ0) is 18.2. The van der Waals surface area contributed by atoms with Crippen molar-refractivity contribution in [3.8, 4) is 0 Å². The molecule has 0 bridgehead atoms. The van der Waals surface area contributed by atoms with Crippen molar-refractivity contribution in [2.45, 2.75) is 26.5 Å². The van der Waals surface area contributed by atoms with Crippen LogP contribution < -0.4 is 5.32 Å². The Kier molecular flexibility index (Phi) is 7.44. The zero-order valence-electron chi connectivity index (χ0n) is 14.7. The van der Waals surface area contributed by atoms with Crippen LogP contribution in [-0.2, 0) is 11.3 Å². The summed E-state index contributed by atoms with van der Waals surface area (Å²) in [6, 6.07) is 15.3. The number of carbonyl (C=O) groups is 1. The molecule has 0 heterocycles. The number of aryl methyl sites for hydroxylation is 1. The Morgan fingerprint density at radius 3 is 2.52 bits per heavy atom. The van der Waals surface area contributed by atoms with Gasteiger partial charge in [0.25, 0.3) is 0 Å². The summed E-state index contributed by atoms with van der Waals surface area (Å²) in [6.07, 6.45) is -0.705. The van der Waals surface area contributed by atoms with Gasteiger partial charge in [-0.2, -0.15) is 0 Å². The minimum atomic E-state index is -0.705. The average Bonchev–Trinajstić information content (AvgIpc) is 2.61. The van der Waals surface area contributed by atoms with Crippen molar-refractivity contribution in [1.82, 2.24) is 10.2 Å². The fourth-order valence-electron chi connectivity index (χ4n) is 2.52. The number of aliphatic hydroxyl groups excluding tert-OH is 1. The molecule has 0 saturated heterocycles. The third-order valence-electron chi connectivity index (χ3n) is 4.12. The number of halogens is 1. The lowest BCUT2D eigenvalue weighted by Crippen LogP contribution is -2.38. The van der Waals surface area contributed by atoms with E-state index >= 15 is 0 Å². The van der Waals surface area contributed by atoms with E-state index in [1.54, 1.807) is 0 Å². The van der Waals surface area contributed by atoms with Gasteiger partial charge in [0, 0.05) is 18.1 Å². The highest BCUT2D eigenvalue weighted by molar-refractivity contribution is 6.31. The van der Waals surface area contributed by atoms with E-state index in [-0.39, 0.29) is 19.0 Å². The second-order valence-corrected chi connectivity index (χ2v) is 6.53. The molecule has 0 aromatic heterocycles. The van der Waals surface area contributed by atoms with E-state index in [2.05, 4.69) is 5.32 Å². The first kappa shape index (κ1) is 19.4. The second-order valence-electron chi connectivity index (χ2n) is 6.13. The number of benzene rings is 2. The fourth-order valence-corrected chi connectivity index (χ4v) is 2.72. The number of amides is 1. The van der Waals surface area contributed by atoms with Crippen LogP contribution in [0.3, 0.4) is 0 Å². The van der Waals surface area contributed by atoms with Gasteiger partial charge in [-0.05, 0) is 30.7 Å². The molecule has 2 N–H and O–H groups in total. The quantitative estimate of drug-likeness (QED) is 0.759. The lowest BCUT2D eigenvalue weighted by molar-refractivity contribution is -0.122. The smallest absolute Gasteiger partial charge is 0.234 e. The zero-order valence-corrected chi connectivity index (χ0v) is 15.5. The lowest BCUT2D eigenvalue weighted by Gasteiger charge is -2.21. The number of hydrogen-bond donors (Lipinski definition) is 2. The lowest BCUT2D eigenvalue weighted by atomic mass is 10.1. The van der Waals surface area contributed by atoms with E-state index in [9.17, 15) is 9.90 Å². The Hall–Kier alpha value is -1.88. The van der Waals surface area contributed by atoms with E-state index in [1.807, 2.05) is 67.3 Å². The van der Waals surface area contributed by atoms with Crippen molar-refractivity contribution in [3.05, 3.63) is 70.2 Å². The Balaban J connectivity index is 1.83. The number of likely N-dealkylation sites (N-methyl/N-ethyl adjacent to an activating group) is 1. The average molecular weight is 361 g/mol. The molecule has 0 unspecified atom stereocenters. The Morgan fingerprint density at radius 1 is 1.20 bits per heavy atom. The Morgan fingerprint density at radius 2 is 1.88 bits per heavy atom. The standard InChI is InChI=1S/C20H25ClN2O2/c1-3-23(13-17-6-4-5-7-18(17)21)14-20(25)22-12-19(24)16-10-8-15(2)9-11-16/h4-11,19,24H,3,12-14H2,1-2H3,(H,22,25)/t19-/m1/s1. The summed E-state index contributed by atoms with van der Waals surface area (Å²) in [4.78, 5) is 14.2. The van der Waals surface area contributed by atoms with Crippen LogP contribution in [0.4, 0.5) is 0 Å². The molecule has 0 saturated carbocycles. The van der Waals surface area contributed by atoms with E-state index < -0.39 is 6.10 Å². The molecule has 0 fully saturated rings. The summed E-state index contributed by atoms with van der Waals surface area (Å²) in [5.41, 5.74) is 2.94. The molecule has 0 aliphatic carbocycles. The van der Waals surface area contributed by atoms with Crippen molar-refractivity contribution in [1.29, 1.82) is 0 Å². The van der Waals surface area contributed by atoms with Crippen LogP contribution in [-0.4, -0.2) is 35.5 Å². The predicted molar refractivity (Wildman–Crippen MR) is 102 cm³/mol. The van der Waals surface area contributed by atoms with E-state index in [0.717, 1.165) is 23.2 Å². The maximum atomic E-state index is 12.2. The molecule has 134 valence electrons. The summed E-state index contributed by atoms with van der Waals surface area (Å²) in [5, 5.41) is 13.7. The largest absolute Gasteiger partial charge is 0.387 e. The maximum absolute atomic E-state index is 12.2. The Labute approximate surface area is 154 Å². The van der Waals surface area contributed by atoms with Gasteiger partial charge in [-0.1, -0.05) is 66.6 Å². The molecule has 25 heavy (non-hydrogen) atoms. The van der Waals surface area contributed by atoms with Crippen LogP contribution >= 0.6 is 11.6 Å². The van der Waals surface area contributed by atoms with Gasteiger partial charge in [0.2, 0.25) is 5.91 Å². The Bertz CT molecular complexity index is 688. The van der Waals surface area contributed by atoms with E-state index in [0.29, 0.717) is 11.6 Å². The minimum Gasteiger partial charge on any atom is -0.387 e. The molecule has 0 aliphatic rings. The monoisotopic (exact) mass is 360 g/mol. The summed E-state index contributed by atoms with van der Waals surface area (Å²) >= 11 is 6.18. The predicted octanol–water partition coefficient (Wildman–Crippen LogP) is 3.32. The normalized spacial score (nSPS) is 12.2. The van der Waals surface area contributed by atoms with Crippen molar-refractivity contribution >= 4 is 17.5 Å². The van der Waals surface area contributed by atoms with Gasteiger partial charge in [-0.3, -0.25) is 9.69 Å². The third-order valence-corrected chi connectivity index (χ3v) is 4.49. The molecule has 0 spiro atoms. The SMILES string of the molecule is CCN(CC(=O)NC[C@@H](O)c1ccc(C)cc1)Cc1ccccc1Cl. The molecule has 0 aliphatic heterocycles. The van der Waals surface area contributed by atoms with Crippen LogP contribution in [0.5, 0.6) is 0 Å². The van der Waals surface area contributed by atoms with Gasteiger partial charge in [-0.15, -0.1) is 0 Å². The van der Waals surface area contributed by atoms with E-state index in [4.69, 9.17) is 11.6 Å². The van der Waals surface area contributed by atoms with Crippen molar-refractivity contribution in [2.24, 2.45) is 0 Å². The molecule has 4 nitrogen and oxygen atoms in total. The second kappa shape index (κ2) is 9.56. The van der Waals surface area contributed by atoms with Gasteiger partial charge in [0.05, 0.1) is 12.6 Å². The number of hydrogen-bond acceptors (Lipinski definition) is 3. The first-order chi connectivity index (χ1) is 12.0. The molecule has 2 aromatic carbocycles. The molecular weight excluding hydrogens is 336 g/mol. The minimum absolute atomic E-state index is 0.111. The van der Waals surface area contributed by atoms with Crippen LogP contribution in [0.1, 0.15) is 29.7 Å². The number of carbonyl (C=O) groups excluding carboxylic acids is 1. The molecule has 5 heteroatoms. The van der Waals surface area contributed by atoms with Gasteiger partial charge in [0.1, 0.15) is 0 Å². The molecule has 1 amide bonds. The highest BCUT2D eigenvalue weighted by atomic mass is 35.5. The van der Waals surface area contributed by atoms with Gasteiger partial charge in [-0.25, -0.2) is 0 Å². The summed E-state index contributed by atoms with van der Waals surface area (Å²) in [5.74, 6) is -0.111. The topological polar surface area (TPSA) is 52.6 Å². The molecule has 1 atom stereocenters. The highest BCUT2D eigenvalue weighted by Crippen LogP contribution is 2.17. The maximum Gasteiger partial charge on any atom is 0.234 e. The van der Waals surface area contributed by atoms with Gasteiger partial charge < -0.3 is 10.4 Å². The van der Waals surface area contributed by atoms with Gasteiger partial charge in [0.15, 0.2) is 0 Å². The first-order valence-corrected chi connectivity index (χ1v) is 8.84. The number of nitrogens with one attached hydrogen (secondary N) is 1. The summed E-state index contributed by atoms with van der Waals surface area (Å²) in [6.45, 7) is 5.82. The third kappa shape index (κ3) is 6.16. The van der Waals surface area contributed by atoms with Crippen LogP contribution in [0.2, 0.25) is 5.02 Å². The van der Waals surface area contributed by atoms with Crippen LogP contribution in [0.15, 0.2) is 48.5 Å². The van der Waals surface area contributed by atoms with Crippen molar-refractivity contribution in [2.75, 3.05) is 19.6 Å². The molecule has 2 aromatic rings. The molecule has 0 radical (unpaired) electrons. The first-order valence-electron chi connectivity index (χ1n) is 8.46. The summed E-state index contributed by atoms with van der Waals surface area (Å²) < 4.78 is 0. The summed E-state index contributed by atoms with van der Waals surface area (Å²) in [7, 11) is 0. The van der Waals surface area contributed by atoms with Gasteiger partial charge >= 0.3 is 0 Å². The van der Waals surface area contributed by atoms with Crippen LogP contribution in [0, 0.1) is 6.92 Å².